The van der Waals surface area contributed by atoms with E-state index in [0.29, 0.717) is 12.2 Å². The zero-order valence-corrected chi connectivity index (χ0v) is 15.6. The Morgan fingerprint density at radius 1 is 1.16 bits per heavy atom. The minimum atomic E-state index is -0.519. The average molecular weight is 410 g/mol. The molecule has 1 aliphatic heterocycles. The molecule has 0 radical (unpaired) electrons. The molecular formula is C19H23BrFN2O2+. The smallest absolute Gasteiger partial charge is 0.146 e. The molecule has 6 heteroatoms. The molecule has 0 amide bonds. The molecule has 1 heterocycles. The Bertz CT molecular complexity index is 693. The number of ether oxygens (including phenoxy) is 1. The van der Waals surface area contributed by atoms with E-state index in [1.807, 2.05) is 36.4 Å². The fourth-order valence-electron chi connectivity index (χ4n) is 3.12. The average Bonchev–Trinajstić information content (AvgIpc) is 2.61. The second-order valence-corrected chi connectivity index (χ2v) is 7.23. The van der Waals surface area contributed by atoms with Crippen LogP contribution in [0.15, 0.2) is 53.0 Å². The third-order valence-electron chi connectivity index (χ3n) is 4.43. The quantitative estimate of drug-likeness (QED) is 0.762. The van der Waals surface area contributed by atoms with Crippen LogP contribution in [0.25, 0.3) is 0 Å². The largest absolute Gasteiger partial charge is 0.491 e. The number of halogens is 2. The van der Waals surface area contributed by atoms with Crippen molar-refractivity contribution in [2.45, 2.75) is 6.10 Å². The molecule has 1 fully saturated rings. The molecule has 1 atom stereocenters. The molecule has 4 nitrogen and oxygen atoms in total. The van der Waals surface area contributed by atoms with E-state index in [1.54, 1.807) is 6.07 Å². The van der Waals surface area contributed by atoms with Gasteiger partial charge in [-0.2, -0.15) is 0 Å². The normalized spacial score (nSPS) is 16.7. The van der Waals surface area contributed by atoms with E-state index in [9.17, 15) is 9.50 Å². The number of aliphatic hydroxyl groups excluding tert-OH is 1. The molecule has 3 rings (SSSR count). The Hall–Kier alpha value is -1.63. The van der Waals surface area contributed by atoms with E-state index in [-0.39, 0.29) is 12.4 Å². The summed E-state index contributed by atoms with van der Waals surface area (Å²) >= 11 is 3.40. The van der Waals surface area contributed by atoms with Gasteiger partial charge in [0.1, 0.15) is 30.8 Å². The molecule has 25 heavy (non-hydrogen) atoms. The third kappa shape index (κ3) is 5.17. The lowest BCUT2D eigenvalue weighted by Crippen LogP contribution is -3.16. The van der Waals surface area contributed by atoms with Crippen LogP contribution < -0.4 is 14.5 Å². The maximum absolute atomic E-state index is 13.9. The van der Waals surface area contributed by atoms with Crippen LogP contribution in [0.5, 0.6) is 5.75 Å². The zero-order valence-electron chi connectivity index (χ0n) is 14.0. The van der Waals surface area contributed by atoms with Gasteiger partial charge in [0.05, 0.1) is 31.9 Å². The van der Waals surface area contributed by atoms with Gasteiger partial charge in [-0.25, -0.2) is 4.39 Å². The lowest BCUT2D eigenvalue weighted by molar-refractivity contribution is -0.903. The zero-order chi connectivity index (χ0) is 17.6. The van der Waals surface area contributed by atoms with Crippen LogP contribution in [0.1, 0.15) is 0 Å². The maximum atomic E-state index is 13.9. The molecule has 0 aliphatic carbocycles. The Morgan fingerprint density at radius 3 is 2.64 bits per heavy atom. The summed E-state index contributed by atoms with van der Waals surface area (Å²) in [6.45, 7) is 4.24. The van der Waals surface area contributed by atoms with Gasteiger partial charge < -0.3 is 19.6 Å². The van der Waals surface area contributed by atoms with Crippen LogP contribution in [0.3, 0.4) is 0 Å². The molecule has 134 valence electrons. The predicted molar refractivity (Wildman–Crippen MR) is 99.8 cm³/mol. The van der Waals surface area contributed by atoms with Crippen molar-refractivity contribution in [1.29, 1.82) is 0 Å². The minimum absolute atomic E-state index is 0.173. The second-order valence-electron chi connectivity index (χ2n) is 6.31. The number of para-hydroxylation sites is 1. The predicted octanol–water partition coefficient (Wildman–Crippen LogP) is 1.73. The summed E-state index contributed by atoms with van der Waals surface area (Å²) in [5, 5.41) is 10.2. The molecule has 0 unspecified atom stereocenters. The highest BCUT2D eigenvalue weighted by atomic mass is 79.9. The van der Waals surface area contributed by atoms with E-state index >= 15 is 0 Å². The summed E-state index contributed by atoms with van der Waals surface area (Å²) < 4.78 is 20.5. The number of nitrogens with zero attached hydrogens (tertiary/aromatic N) is 1. The Balaban J connectivity index is 1.43. The first-order chi connectivity index (χ1) is 12.1. The second kappa shape index (κ2) is 8.65. The summed E-state index contributed by atoms with van der Waals surface area (Å²) in [5.74, 6) is 0.571. The van der Waals surface area contributed by atoms with Gasteiger partial charge in [0, 0.05) is 4.47 Å². The fraction of sp³-hybridized carbons (Fsp3) is 0.368. The van der Waals surface area contributed by atoms with Crippen molar-refractivity contribution in [2.75, 3.05) is 44.2 Å². The van der Waals surface area contributed by atoms with E-state index in [1.165, 1.54) is 11.0 Å². The molecule has 2 aromatic carbocycles. The number of nitrogens with one attached hydrogen (secondary N) is 1. The van der Waals surface area contributed by atoms with Crippen molar-refractivity contribution in [3.8, 4) is 5.75 Å². The third-order valence-corrected chi connectivity index (χ3v) is 4.92. The van der Waals surface area contributed by atoms with Crippen molar-refractivity contribution in [3.63, 3.8) is 0 Å². The van der Waals surface area contributed by atoms with Crippen molar-refractivity contribution in [1.82, 2.24) is 0 Å². The molecule has 2 aromatic rings. The SMILES string of the molecule is O[C@H](COc1cccc(Br)c1)C[NH+]1CCN(c2ccccc2F)CC1. The highest BCUT2D eigenvalue weighted by molar-refractivity contribution is 9.10. The van der Waals surface area contributed by atoms with E-state index in [0.717, 1.165) is 36.4 Å². The summed E-state index contributed by atoms with van der Waals surface area (Å²) in [4.78, 5) is 3.39. The van der Waals surface area contributed by atoms with Crippen LogP contribution in [0.4, 0.5) is 10.1 Å². The molecule has 0 spiro atoms. The summed E-state index contributed by atoms with van der Waals surface area (Å²) in [6, 6.07) is 14.5. The van der Waals surface area contributed by atoms with E-state index in [4.69, 9.17) is 4.74 Å². The van der Waals surface area contributed by atoms with E-state index in [2.05, 4.69) is 20.8 Å². The molecule has 1 saturated heterocycles. The van der Waals surface area contributed by atoms with E-state index < -0.39 is 6.10 Å². The standard InChI is InChI=1S/C19H22BrFN2O2/c20-15-4-3-5-17(12-15)25-14-16(24)13-22-8-10-23(11-9-22)19-7-2-1-6-18(19)21/h1-7,12,16,24H,8-11,13-14H2/p+1/t16-/m0/s1. The van der Waals surface area contributed by atoms with Crippen molar-refractivity contribution in [3.05, 3.63) is 58.8 Å². The van der Waals surface area contributed by atoms with Crippen LogP contribution in [-0.4, -0.2) is 50.5 Å². The number of aliphatic hydroxyl groups is 1. The van der Waals surface area contributed by atoms with Crippen molar-refractivity contribution < 1.29 is 19.1 Å². The first-order valence-corrected chi connectivity index (χ1v) is 9.30. The van der Waals surface area contributed by atoms with Crippen molar-refractivity contribution in [2.24, 2.45) is 0 Å². The van der Waals surface area contributed by atoms with Crippen molar-refractivity contribution >= 4 is 21.6 Å². The van der Waals surface area contributed by atoms with Crippen LogP contribution in [-0.2, 0) is 0 Å². The number of quaternary nitrogens is 1. The number of benzene rings is 2. The molecular weight excluding hydrogens is 387 g/mol. The van der Waals surface area contributed by atoms with Gasteiger partial charge in [-0.1, -0.05) is 34.1 Å². The first kappa shape index (κ1) is 18.2. The number of rotatable bonds is 6. The number of hydrogen-bond acceptors (Lipinski definition) is 3. The number of piperazine rings is 1. The number of hydrogen-bond donors (Lipinski definition) is 2. The van der Waals surface area contributed by atoms with Crippen LogP contribution >= 0.6 is 15.9 Å². The molecule has 0 aromatic heterocycles. The van der Waals surface area contributed by atoms with Gasteiger partial charge in [0.2, 0.25) is 0 Å². The minimum Gasteiger partial charge on any atom is -0.491 e. The maximum Gasteiger partial charge on any atom is 0.146 e. The van der Waals surface area contributed by atoms with Gasteiger partial charge in [0.15, 0.2) is 0 Å². The summed E-state index contributed by atoms with van der Waals surface area (Å²) in [7, 11) is 0. The van der Waals surface area contributed by atoms with Gasteiger partial charge >= 0.3 is 0 Å². The summed E-state index contributed by atoms with van der Waals surface area (Å²) in [6.07, 6.45) is -0.519. The van der Waals surface area contributed by atoms with Gasteiger partial charge in [-0.05, 0) is 30.3 Å². The van der Waals surface area contributed by atoms with Gasteiger partial charge in [-0.3, -0.25) is 0 Å². The monoisotopic (exact) mass is 409 g/mol. The molecule has 0 saturated carbocycles. The fourth-order valence-corrected chi connectivity index (χ4v) is 3.50. The Labute approximate surface area is 155 Å². The lowest BCUT2D eigenvalue weighted by atomic mass is 10.2. The van der Waals surface area contributed by atoms with Gasteiger partial charge in [0.25, 0.3) is 0 Å². The highest BCUT2D eigenvalue weighted by Gasteiger charge is 2.24. The summed E-state index contributed by atoms with van der Waals surface area (Å²) in [5.41, 5.74) is 0.667. The Morgan fingerprint density at radius 2 is 1.92 bits per heavy atom. The molecule has 1 aliphatic rings. The van der Waals surface area contributed by atoms with Gasteiger partial charge in [-0.15, -0.1) is 0 Å². The topological polar surface area (TPSA) is 37.1 Å². The molecule has 0 bridgehead atoms. The highest BCUT2D eigenvalue weighted by Crippen LogP contribution is 2.19. The first-order valence-electron chi connectivity index (χ1n) is 8.51. The lowest BCUT2D eigenvalue weighted by Gasteiger charge is -2.34. The molecule has 2 N–H and O–H groups in total. The van der Waals surface area contributed by atoms with Crippen LogP contribution in [0, 0.1) is 5.82 Å². The number of anilines is 1. The van der Waals surface area contributed by atoms with Crippen LogP contribution in [0.2, 0.25) is 0 Å². The Kier molecular flexibility index (Phi) is 6.29.